The van der Waals surface area contributed by atoms with Crippen LogP contribution in [0.5, 0.6) is 0 Å². The standard InChI is InChI=1S/C24H22Cl4N2O2/c25-16-1-3-18(20(27)8-16)22(31)29-30(23(32)19-4-2-17(26)9-21(19)28)24-10-13-5-14(11-24)7-15(6-13)12-24/h1-4,8-9,13-15H,5-7,10-12H2,(H,29,31). The molecule has 6 rings (SSSR count). The van der Waals surface area contributed by atoms with Gasteiger partial charge in [-0.25, -0.2) is 5.01 Å². The van der Waals surface area contributed by atoms with Crippen LogP contribution in [0.3, 0.4) is 0 Å². The first-order valence-corrected chi connectivity index (χ1v) is 12.3. The summed E-state index contributed by atoms with van der Waals surface area (Å²) < 4.78 is 0. The number of hydrogen-bond acceptors (Lipinski definition) is 2. The Labute approximate surface area is 207 Å². The van der Waals surface area contributed by atoms with Crippen molar-refractivity contribution in [3.8, 4) is 0 Å². The first-order chi connectivity index (χ1) is 15.2. The highest BCUT2D eigenvalue weighted by Gasteiger charge is 2.55. The van der Waals surface area contributed by atoms with Gasteiger partial charge >= 0.3 is 0 Å². The van der Waals surface area contributed by atoms with Crippen LogP contribution in [0.4, 0.5) is 0 Å². The lowest BCUT2D eigenvalue weighted by Gasteiger charge is -2.59. The van der Waals surface area contributed by atoms with Crippen molar-refractivity contribution in [2.75, 3.05) is 0 Å². The summed E-state index contributed by atoms with van der Waals surface area (Å²) in [5.74, 6) is 0.961. The molecule has 0 heterocycles. The van der Waals surface area contributed by atoms with Gasteiger partial charge in [0.1, 0.15) is 0 Å². The van der Waals surface area contributed by atoms with Crippen LogP contribution in [-0.4, -0.2) is 22.4 Å². The van der Waals surface area contributed by atoms with E-state index in [9.17, 15) is 9.59 Å². The van der Waals surface area contributed by atoms with Gasteiger partial charge in [0, 0.05) is 10.0 Å². The lowest BCUT2D eigenvalue weighted by atomic mass is 9.52. The molecule has 32 heavy (non-hydrogen) atoms. The molecule has 4 fully saturated rings. The summed E-state index contributed by atoms with van der Waals surface area (Å²) in [5.41, 5.74) is 3.07. The Bertz CT molecular complexity index is 1070. The van der Waals surface area contributed by atoms with Crippen molar-refractivity contribution in [3.63, 3.8) is 0 Å². The van der Waals surface area contributed by atoms with E-state index in [0.717, 1.165) is 19.3 Å². The monoisotopic (exact) mass is 510 g/mol. The van der Waals surface area contributed by atoms with Crippen molar-refractivity contribution >= 4 is 58.2 Å². The van der Waals surface area contributed by atoms with Gasteiger partial charge in [0.15, 0.2) is 0 Å². The number of amides is 2. The van der Waals surface area contributed by atoms with Crippen LogP contribution < -0.4 is 5.43 Å². The van der Waals surface area contributed by atoms with Crippen molar-refractivity contribution in [3.05, 3.63) is 67.6 Å². The molecule has 0 spiro atoms. The van der Waals surface area contributed by atoms with E-state index in [1.807, 2.05) is 0 Å². The van der Waals surface area contributed by atoms with E-state index in [0.29, 0.717) is 33.4 Å². The number of hydrogen-bond donors (Lipinski definition) is 1. The Hall–Kier alpha value is -1.46. The summed E-state index contributed by atoms with van der Waals surface area (Å²) in [6.45, 7) is 0. The number of benzene rings is 2. The molecule has 4 aliphatic carbocycles. The maximum Gasteiger partial charge on any atom is 0.274 e. The minimum absolute atomic E-state index is 0.234. The maximum absolute atomic E-state index is 13.8. The molecule has 2 amide bonds. The Morgan fingerprint density at radius 1 is 0.781 bits per heavy atom. The van der Waals surface area contributed by atoms with Crippen LogP contribution in [-0.2, 0) is 0 Å². The van der Waals surface area contributed by atoms with E-state index < -0.39 is 11.4 Å². The third-order valence-corrected chi connectivity index (χ3v) is 8.33. The average molecular weight is 512 g/mol. The maximum atomic E-state index is 13.8. The van der Waals surface area contributed by atoms with Gasteiger partial charge in [-0.3, -0.25) is 15.0 Å². The molecule has 0 radical (unpaired) electrons. The Morgan fingerprint density at radius 3 is 1.72 bits per heavy atom. The highest BCUT2D eigenvalue weighted by Crippen LogP contribution is 2.57. The molecule has 0 atom stereocenters. The molecule has 4 aliphatic rings. The zero-order valence-corrected chi connectivity index (χ0v) is 20.2. The molecule has 168 valence electrons. The van der Waals surface area contributed by atoms with Crippen LogP contribution in [0.2, 0.25) is 20.1 Å². The molecule has 0 aromatic heterocycles. The second-order valence-corrected chi connectivity index (χ2v) is 11.2. The third kappa shape index (κ3) is 4.00. The highest BCUT2D eigenvalue weighted by atomic mass is 35.5. The number of rotatable bonds is 3. The number of halogens is 4. The van der Waals surface area contributed by atoms with Gasteiger partial charge in [-0.1, -0.05) is 46.4 Å². The molecule has 1 N–H and O–H groups in total. The summed E-state index contributed by atoms with van der Waals surface area (Å²) in [7, 11) is 0. The van der Waals surface area contributed by atoms with Crippen LogP contribution in [0.15, 0.2) is 36.4 Å². The van der Waals surface area contributed by atoms with E-state index in [1.54, 1.807) is 35.3 Å². The third-order valence-electron chi connectivity index (χ3n) is 7.23. The minimum atomic E-state index is -0.444. The van der Waals surface area contributed by atoms with E-state index in [1.165, 1.54) is 25.3 Å². The van der Waals surface area contributed by atoms with Crippen LogP contribution in [0.1, 0.15) is 59.2 Å². The number of carbonyl (C=O) groups is 2. The van der Waals surface area contributed by atoms with Gasteiger partial charge < -0.3 is 0 Å². The van der Waals surface area contributed by atoms with Crippen LogP contribution in [0.25, 0.3) is 0 Å². The number of carbonyl (C=O) groups excluding carboxylic acids is 2. The first kappa shape index (κ1) is 22.3. The molecule has 0 aliphatic heterocycles. The second kappa shape index (κ2) is 8.39. The number of nitrogens with one attached hydrogen (secondary N) is 1. The van der Waals surface area contributed by atoms with Gasteiger partial charge in [0.2, 0.25) is 0 Å². The molecule has 2 aromatic rings. The first-order valence-electron chi connectivity index (χ1n) is 10.8. The van der Waals surface area contributed by atoms with Gasteiger partial charge in [-0.15, -0.1) is 0 Å². The Morgan fingerprint density at radius 2 is 1.25 bits per heavy atom. The number of nitrogens with zero attached hydrogens (tertiary/aromatic N) is 1. The zero-order valence-electron chi connectivity index (χ0n) is 17.2. The van der Waals surface area contributed by atoms with E-state index >= 15 is 0 Å². The number of hydrazine groups is 1. The molecular weight excluding hydrogens is 490 g/mol. The van der Waals surface area contributed by atoms with E-state index in [-0.39, 0.29) is 21.5 Å². The van der Waals surface area contributed by atoms with Crippen LogP contribution in [0, 0.1) is 17.8 Å². The predicted octanol–water partition coefficient (Wildman–Crippen LogP) is 7.06. The van der Waals surface area contributed by atoms with Gasteiger partial charge in [-0.2, -0.15) is 0 Å². The molecule has 4 nitrogen and oxygen atoms in total. The lowest BCUT2D eigenvalue weighted by molar-refractivity contribution is -0.0875. The molecular formula is C24H22Cl4N2O2. The van der Waals surface area contributed by atoms with E-state index in [4.69, 9.17) is 46.4 Å². The average Bonchev–Trinajstić information content (AvgIpc) is 2.70. The van der Waals surface area contributed by atoms with Crippen molar-refractivity contribution in [1.29, 1.82) is 0 Å². The molecule has 8 heteroatoms. The molecule has 0 saturated heterocycles. The quantitative estimate of drug-likeness (QED) is 0.448. The Kier molecular flexibility index (Phi) is 5.86. The molecule has 4 bridgehead atoms. The summed E-state index contributed by atoms with van der Waals surface area (Å²) in [4.78, 5) is 27.1. The summed E-state index contributed by atoms with van der Waals surface area (Å²) in [5, 5.41) is 2.94. The van der Waals surface area contributed by atoms with Gasteiger partial charge in [-0.05, 0) is 92.7 Å². The fourth-order valence-corrected chi connectivity index (χ4v) is 7.33. The molecule has 0 unspecified atom stereocenters. The highest BCUT2D eigenvalue weighted by molar-refractivity contribution is 6.37. The van der Waals surface area contributed by atoms with Gasteiger partial charge in [0.05, 0.1) is 26.7 Å². The van der Waals surface area contributed by atoms with Crippen molar-refractivity contribution in [1.82, 2.24) is 10.4 Å². The SMILES string of the molecule is O=C(NN(C(=O)c1ccc(Cl)cc1Cl)C12CC3CC(CC(C3)C1)C2)c1ccc(Cl)cc1Cl. The minimum Gasteiger partial charge on any atom is -0.267 e. The predicted molar refractivity (Wildman–Crippen MR) is 127 cm³/mol. The summed E-state index contributed by atoms with van der Waals surface area (Å²) in [6, 6.07) is 9.49. The summed E-state index contributed by atoms with van der Waals surface area (Å²) in [6.07, 6.45) is 6.26. The van der Waals surface area contributed by atoms with Crippen molar-refractivity contribution in [2.45, 2.75) is 44.1 Å². The smallest absolute Gasteiger partial charge is 0.267 e. The topological polar surface area (TPSA) is 49.4 Å². The van der Waals surface area contributed by atoms with Crippen LogP contribution >= 0.6 is 46.4 Å². The fraction of sp³-hybridized carbons (Fsp3) is 0.417. The second-order valence-electron chi connectivity index (χ2n) is 9.47. The van der Waals surface area contributed by atoms with Crippen molar-refractivity contribution < 1.29 is 9.59 Å². The Balaban J connectivity index is 1.53. The van der Waals surface area contributed by atoms with Gasteiger partial charge in [0.25, 0.3) is 11.8 Å². The zero-order chi connectivity index (χ0) is 22.6. The lowest BCUT2D eigenvalue weighted by Crippen LogP contribution is -2.66. The summed E-state index contributed by atoms with van der Waals surface area (Å²) >= 11 is 24.7. The molecule has 2 aromatic carbocycles. The largest absolute Gasteiger partial charge is 0.274 e. The van der Waals surface area contributed by atoms with E-state index in [2.05, 4.69) is 5.43 Å². The fourth-order valence-electron chi connectivity index (χ4n) is 6.34. The van der Waals surface area contributed by atoms with Crippen molar-refractivity contribution in [2.24, 2.45) is 17.8 Å². The molecule has 4 saturated carbocycles. The normalized spacial score (nSPS) is 27.9.